The normalized spacial score (nSPS) is 12.5. The molecule has 0 fully saturated rings. The molecule has 0 aliphatic carbocycles. The highest BCUT2D eigenvalue weighted by Crippen LogP contribution is 2.44. The van der Waals surface area contributed by atoms with Crippen molar-refractivity contribution in [1.29, 1.82) is 0 Å². The van der Waals surface area contributed by atoms with Gasteiger partial charge in [0.05, 0.1) is 5.56 Å². The molecule has 3 aromatic rings. The molecule has 1 unspecified atom stereocenters. The van der Waals surface area contributed by atoms with Crippen LogP contribution in [0.3, 0.4) is 0 Å². The second-order valence-electron chi connectivity index (χ2n) is 8.14. The van der Waals surface area contributed by atoms with Gasteiger partial charge in [-0.25, -0.2) is 0 Å². The van der Waals surface area contributed by atoms with E-state index in [-0.39, 0.29) is 13.2 Å². The lowest BCUT2D eigenvalue weighted by atomic mass is 9.97. The minimum absolute atomic E-state index is 0.260. The van der Waals surface area contributed by atoms with Gasteiger partial charge in [0.1, 0.15) is 29.4 Å². The van der Waals surface area contributed by atoms with E-state index in [9.17, 15) is 23.1 Å². The minimum Gasteiger partial charge on any atom is -0.506 e. The van der Waals surface area contributed by atoms with E-state index in [4.69, 9.17) is 26.8 Å². The number of hydrogen-bond acceptors (Lipinski definition) is 5. The number of halogens is 4. The Morgan fingerprint density at radius 2 is 1.77 bits per heavy atom. The van der Waals surface area contributed by atoms with E-state index < -0.39 is 46.6 Å². The zero-order valence-electron chi connectivity index (χ0n) is 19.1. The standard InChI is InChI=1S/C26H25ClF3NO4/c1-15(2)24(32)19-10-11-21(23(25(19)33)26(28,29)30)34-14-22(35-17-6-4-3-5-7-17)18-9-8-16(13-31)12-20(18)27/h3-12,15,22,33H,13-14,31H2,1-2H3. The first-order valence-electron chi connectivity index (χ1n) is 10.8. The smallest absolute Gasteiger partial charge is 0.423 e. The minimum atomic E-state index is -4.97. The molecule has 0 amide bonds. The molecule has 3 N–H and O–H groups in total. The van der Waals surface area contributed by atoms with Crippen LogP contribution in [-0.4, -0.2) is 17.5 Å². The third-order valence-electron chi connectivity index (χ3n) is 5.27. The van der Waals surface area contributed by atoms with Gasteiger partial charge in [-0.05, 0) is 35.9 Å². The molecule has 0 heterocycles. The Labute approximate surface area is 206 Å². The first-order valence-corrected chi connectivity index (χ1v) is 11.2. The fraction of sp³-hybridized carbons (Fsp3) is 0.269. The van der Waals surface area contributed by atoms with Gasteiger partial charge in [0.15, 0.2) is 11.9 Å². The zero-order chi connectivity index (χ0) is 25.8. The summed E-state index contributed by atoms with van der Waals surface area (Å²) in [6, 6.07) is 15.9. The third kappa shape index (κ3) is 6.26. The number of phenolic OH excluding ortho intramolecular Hbond substituents is 1. The zero-order valence-corrected chi connectivity index (χ0v) is 19.9. The number of Topliss-reactive ketones (excluding diaryl/α,β-unsaturated/α-hetero) is 1. The van der Waals surface area contributed by atoms with Gasteiger partial charge in [0.25, 0.3) is 0 Å². The molecule has 0 bridgehead atoms. The lowest BCUT2D eigenvalue weighted by Gasteiger charge is -2.23. The second-order valence-corrected chi connectivity index (χ2v) is 8.55. The molecule has 9 heteroatoms. The van der Waals surface area contributed by atoms with Crippen LogP contribution in [-0.2, 0) is 12.7 Å². The lowest BCUT2D eigenvalue weighted by molar-refractivity contribution is -0.140. The first kappa shape index (κ1) is 26.4. The number of ketones is 1. The van der Waals surface area contributed by atoms with Crippen LogP contribution in [0.15, 0.2) is 60.7 Å². The summed E-state index contributed by atoms with van der Waals surface area (Å²) in [5.74, 6) is -2.56. The highest BCUT2D eigenvalue weighted by molar-refractivity contribution is 6.31. The van der Waals surface area contributed by atoms with E-state index >= 15 is 0 Å². The van der Waals surface area contributed by atoms with Crippen molar-refractivity contribution in [3.05, 3.63) is 87.9 Å². The van der Waals surface area contributed by atoms with Gasteiger partial charge in [-0.2, -0.15) is 13.2 Å². The number of benzene rings is 3. The molecular weight excluding hydrogens is 483 g/mol. The number of phenols is 1. The van der Waals surface area contributed by atoms with Crippen LogP contribution in [0, 0.1) is 5.92 Å². The highest BCUT2D eigenvalue weighted by atomic mass is 35.5. The SMILES string of the molecule is CC(C)C(=O)c1ccc(OCC(Oc2ccccc2)c2ccc(CN)cc2Cl)c(C(F)(F)F)c1O. The van der Waals surface area contributed by atoms with Crippen LogP contribution in [0.1, 0.15) is 47.0 Å². The summed E-state index contributed by atoms with van der Waals surface area (Å²) < 4.78 is 53.2. The highest BCUT2D eigenvalue weighted by Gasteiger charge is 2.40. The van der Waals surface area contributed by atoms with Gasteiger partial charge < -0.3 is 20.3 Å². The lowest BCUT2D eigenvalue weighted by Crippen LogP contribution is -2.20. The molecule has 1 atom stereocenters. The summed E-state index contributed by atoms with van der Waals surface area (Å²) in [5, 5.41) is 10.7. The summed E-state index contributed by atoms with van der Waals surface area (Å²) in [4.78, 5) is 12.3. The van der Waals surface area contributed by atoms with Crippen LogP contribution in [0.4, 0.5) is 13.2 Å². The molecular formula is C26H25ClF3NO4. The molecule has 0 saturated carbocycles. The van der Waals surface area contributed by atoms with Crippen molar-refractivity contribution in [2.75, 3.05) is 6.61 Å². The van der Waals surface area contributed by atoms with Gasteiger partial charge in [-0.1, -0.05) is 55.8 Å². The number of ether oxygens (including phenoxy) is 2. The van der Waals surface area contributed by atoms with Gasteiger partial charge in [-0.3, -0.25) is 4.79 Å². The Kier molecular flexibility index (Phi) is 8.30. The van der Waals surface area contributed by atoms with Crippen molar-refractivity contribution in [2.24, 2.45) is 11.7 Å². The number of carbonyl (C=O) groups is 1. The average Bonchev–Trinajstić information content (AvgIpc) is 2.81. The summed E-state index contributed by atoms with van der Waals surface area (Å²) >= 11 is 6.42. The van der Waals surface area contributed by atoms with Crippen LogP contribution in [0.2, 0.25) is 5.02 Å². The van der Waals surface area contributed by atoms with E-state index in [1.807, 2.05) is 0 Å². The number of aromatic hydroxyl groups is 1. The van der Waals surface area contributed by atoms with Gasteiger partial charge in [-0.15, -0.1) is 0 Å². The summed E-state index contributed by atoms with van der Waals surface area (Å²) in [6.45, 7) is 2.96. The fourth-order valence-electron chi connectivity index (χ4n) is 3.45. The van der Waals surface area contributed by atoms with Crippen molar-refractivity contribution < 1.29 is 32.5 Å². The van der Waals surface area contributed by atoms with Gasteiger partial charge in [0, 0.05) is 23.0 Å². The van der Waals surface area contributed by atoms with E-state index in [0.29, 0.717) is 16.3 Å². The molecule has 0 aromatic heterocycles. The monoisotopic (exact) mass is 507 g/mol. The van der Waals surface area contributed by atoms with Crippen LogP contribution in [0.5, 0.6) is 17.2 Å². The molecule has 35 heavy (non-hydrogen) atoms. The average molecular weight is 508 g/mol. The van der Waals surface area contributed by atoms with Crippen molar-refractivity contribution in [2.45, 2.75) is 32.7 Å². The summed E-state index contributed by atoms with van der Waals surface area (Å²) in [6.07, 6.45) is -5.86. The van der Waals surface area contributed by atoms with E-state index in [1.165, 1.54) is 13.8 Å². The number of nitrogens with two attached hydrogens (primary N) is 1. The van der Waals surface area contributed by atoms with E-state index in [0.717, 1.165) is 17.7 Å². The van der Waals surface area contributed by atoms with Gasteiger partial charge in [0.2, 0.25) is 0 Å². The van der Waals surface area contributed by atoms with Crippen LogP contribution < -0.4 is 15.2 Å². The maximum Gasteiger partial charge on any atom is 0.423 e. The molecule has 0 radical (unpaired) electrons. The fourth-order valence-corrected chi connectivity index (χ4v) is 3.78. The summed E-state index contributed by atoms with van der Waals surface area (Å²) in [7, 11) is 0. The number of carbonyl (C=O) groups excluding carboxylic acids is 1. The van der Waals surface area contributed by atoms with Crippen molar-refractivity contribution >= 4 is 17.4 Å². The largest absolute Gasteiger partial charge is 0.506 e. The molecule has 0 saturated heterocycles. The molecule has 0 aliphatic heterocycles. The first-order chi connectivity index (χ1) is 16.5. The van der Waals surface area contributed by atoms with Crippen molar-refractivity contribution in [3.63, 3.8) is 0 Å². The molecule has 3 aromatic carbocycles. The quantitative estimate of drug-likeness (QED) is 0.320. The van der Waals surface area contributed by atoms with E-state index in [1.54, 1.807) is 48.5 Å². The second kappa shape index (κ2) is 11.0. The maximum absolute atomic E-state index is 13.9. The van der Waals surface area contributed by atoms with Crippen molar-refractivity contribution in [3.8, 4) is 17.2 Å². The number of alkyl halides is 3. The van der Waals surface area contributed by atoms with E-state index in [2.05, 4.69) is 0 Å². The Balaban J connectivity index is 1.98. The Bertz CT molecular complexity index is 1180. The van der Waals surface area contributed by atoms with Gasteiger partial charge >= 0.3 is 6.18 Å². The molecule has 186 valence electrons. The van der Waals surface area contributed by atoms with Crippen molar-refractivity contribution in [1.82, 2.24) is 0 Å². The predicted octanol–water partition coefficient (Wildman–Crippen LogP) is 6.56. The topological polar surface area (TPSA) is 81.8 Å². The van der Waals surface area contributed by atoms with Crippen LogP contribution in [0.25, 0.3) is 0 Å². The molecule has 3 rings (SSSR count). The number of hydrogen-bond donors (Lipinski definition) is 2. The predicted molar refractivity (Wildman–Crippen MR) is 127 cm³/mol. The number of para-hydroxylation sites is 1. The Morgan fingerprint density at radius 3 is 2.34 bits per heavy atom. The Hall–Kier alpha value is -3.23. The van der Waals surface area contributed by atoms with Crippen LogP contribution >= 0.6 is 11.6 Å². The molecule has 0 spiro atoms. The Morgan fingerprint density at radius 1 is 1.09 bits per heavy atom. The molecule has 0 aliphatic rings. The molecule has 5 nitrogen and oxygen atoms in total. The number of rotatable bonds is 9. The maximum atomic E-state index is 13.9. The third-order valence-corrected chi connectivity index (χ3v) is 5.60. The summed E-state index contributed by atoms with van der Waals surface area (Å²) in [5.41, 5.74) is 5.07.